The van der Waals surface area contributed by atoms with Crippen molar-refractivity contribution in [2.75, 3.05) is 45.9 Å². The van der Waals surface area contributed by atoms with Gasteiger partial charge in [-0.1, -0.05) is 6.07 Å². The van der Waals surface area contributed by atoms with Crippen LogP contribution >= 0.6 is 0 Å². The van der Waals surface area contributed by atoms with Crippen LogP contribution in [-0.2, 0) is 0 Å². The average Bonchev–Trinajstić information content (AvgIpc) is 2.44. The Morgan fingerprint density at radius 2 is 1.70 bits per heavy atom. The standard InChI is InChI=1S/C14H20F2N2O2/c15-12-2-1-11(9-13(12)16)14(20)10-18-5-3-17(4-6-18)7-8-19/h1-2,9,14,19-20H,3-8,10H2. The molecular formula is C14H20F2N2O2. The van der Waals surface area contributed by atoms with Gasteiger partial charge in [0.25, 0.3) is 0 Å². The number of aliphatic hydroxyl groups is 2. The van der Waals surface area contributed by atoms with E-state index in [-0.39, 0.29) is 6.61 Å². The molecule has 1 heterocycles. The third-order valence-corrected chi connectivity index (χ3v) is 3.64. The molecule has 1 unspecified atom stereocenters. The highest BCUT2D eigenvalue weighted by Crippen LogP contribution is 2.18. The lowest BCUT2D eigenvalue weighted by Crippen LogP contribution is -2.48. The second kappa shape index (κ2) is 7.08. The van der Waals surface area contributed by atoms with E-state index in [1.165, 1.54) is 6.07 Å². The van der Waals surface area contributed by atoms with E-state index in [1.807, 2.05) is 0 Å². The number of aliphatic hydroxyl groups excluding tert-OH is 2. The van der Waals surface area contributed by atoms with Crippen molar-refractivity contribution in [2.45, 2.75) is 6.10 Å². The second-order valence-electron chi connectivity index (χ2n) is 5.06. The predicted octanol–water partition coefficient (Wildman–Crippen LogP) is 0.608. The first kappa shape index (κ1) is 15.3. The van der Waals surface area contributed by atoms with Crippen molar-refractivity contribution in [2.24, 2.45) is 0 Å². The minimum absolute atomic E-state index is 0.150. The van der Waals surface area contributed by atoms with Gasteiger partial charge in [-0.2, -0.15) is 0 Å². The molecule has 0 aliphatic carbocycles. The number of piperazine rings is 1. The van der Waals surface area contributed by atoms with E-state index in [9.17, 15) is 13.9 Å². The molecule has 1 saturated heterocycles. The molecular weight excluding hydrogens is 266 g/mol. The number of rotatable bonds is 5. The first-order valence-electron chi connectivity index (χ1n) is 6.78. The number of hydrogen-bond acceptors (Lipinski definition) is 4. The number of halogens is 2. The Balaban J connectivity index is 1.85. The van der Waals surface area contributed by atoms with Crippen molar-refractivity contribution in [1.82, 2.24) is 9.80 Å². The van der Waals surface area contributed by atoms with Crippen molar-refractivity contribution in [3.63, 3.8) is 0 Å². The van der Waals surface area contributed by atoms with Gasteiger partial charge in [0.1, 0.15) is 0 Å². The lowest BCUT2D eigenvalue weighted by atomic mass is 10.1. The molecule has 6 heteroatoms. The third kappa shape index (κ3) is 3.96. The summed E-state index contributed by atoms with van der Waals surface area (Å²) in [6.45, 7) is 4.48. The Morgan fingerprint density at radius 1 is 1.05 bits per heavy atom. The summed E-state index contributed by atoms with van der Waals surface area (Å²) < 4.78 is 26.0. The first-order chi connectivity index (χ1) is 9.60. The SMILES string of the molecule is OCCN1CCN(CC(O)c2ccc(F)c(F)c2)CC1. The topological polar surface area (TPSA) is 46.9 Å². The predicted molar refractivity (Wildman–Crippen MR) is 71.3 cm³/mol. The summed E-state index contributed by atoms with van der Waals surface area (Å²) in [6.07, 6.45) is -0.825. The van der Waals surface area contributed by atoms with Crippen LogP contribution in [0.2, 0.25) is 0 Å². The van der Waals surface area contributed by atoms with E-state index in [1.54, 1.807) is 0 Å². The lowest BCUT2D eigenvalue weighted by molar-refractivity contribution is 0.0659. The Morgan fingerprint density at radius 3 is 2.30 bits per heavy atom. The van der Waals surface area contributed by atoms with Crippen LogP contribution in [0, 0.1) is 11.6 Å². The van der Waals surface area contributed by atoms with Crippen LogP contribution in [-0.4, -0.2) is 65.9 Å². The molecule has 0 radical (unpaired) electrons. The Labute approximate surface area is 117 Å². The van der Waals surface area contributed by atoms with Crippen molar-refractivity contribution in [3.05, 3.63) is 35.4 Å². The molecule has 1 atom stereocenters. The van der Waals surface area contributed by atoms with Crippen molar-refractivity contribution in [3.8, 4) is 0 Å². The monoisotopic (exact) mass is 286 g/mol. The van der Waals surface area contributed by atoms with Crippen LogP contribution < -0.4 is 0 Å². The van der Waals surface area contributed by atoms with Gasteiger partial charge in [0, 0.05) is 39.3 Å². The molecule has 1 aliphatic rings. The van der Waals surface area contributed by atoms with Gasteiger partial charge >= 0.3 is 0 Å². The first-order valence-corrected chi connectivity index (χ1v) is 6.78. The molecule has 0 aromatic heterocycles. The summed E-state index contributed by atoms with van der Waals surface area (Å²) in [6, 6.07) is 3.49. The maximum absolute atomic E-state index is 13.1. The summed E-state index contributed by atoms with van der Waals surface area (Å²) in [5, 5.41) is 18.9. The van der Waals surface area contributed by atoms with Gasteiger partial charge < -0.3 is 10.2 Å². The number of β-amino-alcohol motifs (C(OH)–C–C–N with tert-alkyl or cyclic N) is 2. The fourth-order valence-electron chi connectivity index (χ4n) is 2.41. The molecule has 2 N–H and O–H groups in total. The van der Waals surface area contributed by atoms with Gasteiger partial charge in [-0.3, -0.25) is 9.80 Å². The van der Waals surface area contributed by atoms with E-state index < -0.39 is 17.7 Å². The normalized spacial score (nSPS) is 19.2. The Hall–Kier alpha value is -1.08. The molecule has 0 spiro atoms. The summed E-state index contributed by atoms with van der Waals surface area (Å²) in [7, 11) is 0. The molecule has 1 fully saturated rings. The maximum atomic E-state index is 13.1. The van der Waals surface area contributed by atoms with E-state index in [2.05, 4.69) is 9.80 Å². The smallest absolute Gasteiger partial charge is 0.159 e. The van der Waals surface area contributed by atoms with Gasteiger partial charge in [-0.25, -0.2) is 8.78 Å². The third-order valence-electron chi connectivity index (χ3n) is 3.64. The van der Waals surface area contributed by atoms with E-state index in [0.717, 1.165) is 38.3 Å². The molecule has 4 nitrogen and oxygen atoms in total. The highest BCUT2D eigenvalue weighted by molar-refractivity contribution is 5.20. The number of hydrogen-bond donors (Lipinski definition) is 2. The zero-order valence-corrected chi connectivity index (χ0v) is 11.3. The highest BCUT2D eigenvalue weighted by atomic mass is 19.2. The summed E-state index contributed by atoms with van der Waals surface area (Å²) in [4.78, 5) is 4.24. The van der Waals surface area contributed by atoms with Gasteiger partial charge in [0.05, 0.1) is 12.7 Å². The Bertz CT molecular complexity index is 437. The van der Waals surface area contributed by atoms with Gasteiger partial charge in [0.2, 0.25) is 0 Å². The van der Waals surface area contributed by atoms with Crippen LogP contribution in [0.4, 0.5) is 8.78 Å². The second-order valence-corrected chi connectivity index (χ2v) is 5.06. The van der Waals surface area contributed by atoms with Crippen molar-refractivity contribution in [1.29, 1.82) is 0 Å². The molecule has 20 heavy (non-hydrogen) atoms. The van der Waals surface area contributed by atoms with Crippen LogP contribution in [0.15, 0.2) is 18.2 Å². The maximum Gasteiger partial charge on any atom is 0.159 e. The summed E-state index contributed by atoms with van der Waals surface area (Å²) in [5.74, 6) is -1.84. The molecule has 1 aromatic rings. The molecule has 1 aliphatic heterocycles. The van der Waals surface area contributed by atoms with Crippen molar-refractivity contribution < 1.29 is 19.0 Å². The van der Waals surface area contributed by atoms with E-state index in [0.29, 0.717) is 18.7 Å². The van der Waals surface area contributed by atoms with Crippen LogP contribution in [0.3, 0.4) is 0 Å². The van der Waals surface area contributed by atoms with E-state index >= 15 is 0 Å². The van der Waals surface area contributed by atoms with Crippen LogP contribution in [0.5, 0.6) is 0 Å². The largest absolute Gasteiger partial charge is 0.395 e. The molecule has 0 saturated carbocycles. The van der Waals surface area contributed by atoms with Gasteiger partial charge in [0.15, 0.2) is 11.6 Å². The van der Waals surface area contributed by atoms with Crippen LogP contribution in [0.1, 0.15) is 11.7 Å². The number of benzene rings is 1. The quantitative estimate of drug-likeness (QED) is 0.832. The minimum Gasteiger partial charge on any atom is -0.395 e. The minimum atomic E-state index is -0.936. The fraction of sp³-hybridized carbons (Fsp3) is 0.571. The number of nitrogens with zero attached hydrogens (tertiary/aromatic N) is 2. The highest BCUT2D eigenvalue weighted by Gasteiger charge is 2.20. The molecule has 0 amide bonds. The zero-order valence-electron chi connectivity index (χ0n) is 11.3. The molecule has 112 valence electrons. The van der Waals surface area contributed by atoms with E-state index in [4.69, 9.17) is 5.11 Å². The van der Waals surface area contributed by atoms with Gasteiger partial charge in [-0.05, 0) is 17.7 Å². The molecule has 0 bridgehead atoms. The molecule has 2 rings (SSSR count). The molecule has 1 aromatic carbocycles. The van der Waals surface area contributed by atoms with Crippen LogP contribution in [0.25, 0.3) is 0 Å². The average molecular weight is 286 g/mol. The van der Waals surface area contributed by atoms with Crippen molar-refractivity contribution >= 4 is 0 Å². The fourth-order valence-corrected chi connectivity index (χ4v) is 2.41. The van der Waals surface area contributed by atoms with Gasteiger partial charge in [-0.15, -0.1) is 0 Å². The zero-order chi connectivity index (χ0) is 14.5. The lowest BCUT2D eigenvalue weighted by Gasteiger charge is -2.35. The Kier molecular flexibility index (Phi) is 5.42. The summed E-state index contributed by atoms with van der Waals surface area (Å²) in [5.41, 5.74) is 0.390. The summed E-state index contributed by atoms with van der Waals surface area (Å²) >= 11 is 0.